The summed E-state index contributed by atoms with van der Waals surface area (Å²) < 4.78 is 16.8. The molecule has 132 valence electrons. The van der Waals surface area contributed by atoms with Gasteiger partial charge in [-0.2, -0.15) is 0 Å². The zero-order chi connectivity index (χ0) is 17.8. The lowest BCUT2D eigenvalue weighted by Crippen LogP contribution is -2.24. The van der Waals surface area contributed by atoms with Crippen LogP contribution >= 0.6 is 15.9 Å². The first kappa shape index (κ1) is 17.8. The largest absolute Gasteiger partial charge is 0.465 e. The molecule has 0 radical (unpaired) electrons. The summed E-state index contributed by atoms with van der Waals surface area (Å²) >= 11 is 3.49. The van der Waals surface area contributed by atoms with Gasteiger partial charge in [0.2, 0.25) is 0 Å². The number of benzene rings is 2. The van der Waals surface area contributed by atoms with E-state index in [1.807, 2.05) is 54.4 Å². The Morgan fingerprint density at radius 1 is 1.24 bits per heavy atom. The Balaban J connectivity index is 1.78. The fourth-order valence-electron chi connectivity index (χ4n) is 2.73. The number of halogens is 1. The molecule has 2 aromatic carbocycles. The number of likely N-dealkylation sites (N-methyl/N-ethyl adjacent to an activating group) is 1. The van der Waals surface area contributed by atoms with Gasteiger partial charge in [-0.1, -0.05) is 12.1 Å². The number of aliphatic hydroxyl groups is 1. The molecule has 0 bridgehead atoms. The molecular weight excluding hydrogens is 386 g/mol. The highest BCUT2D eigenvalue weighted by Gasteiger charge is 2.16. The van der Waals surface area contributed by atoms with Crippen molar-refractivity contribution in [1.82, 2.24) is 0 Å². The van der Waals surface area contributed by atoms with Crippen LogP contribution in [0, 0.1) is 0 Å². The summed E-state index contributed by atoms with van der Waals surface area (Å²) in [5.74, 6) is 0.713. The smallest absolute Gasteiger partial charge is 0.188 e. The van der Waals surface area contributed by atoms with Gasteiger partial charge in [0.1, 0.15) is 11.3 Å². The van der Waals surface area contributed by atoms with Gasteiger partial charge >= 0.3 is 0 Å². The highest BCUT2D eigenvalue weighted by molar-refractivity contribution is 9.10. The number of furan rings is 1. The molecule has 1 atom stereocenters. The molecule has 6 heteroatoms. The van der Waals surface area contributed by atoms with E-state index in [9.17, 15) is 5.11 Å². The molecule has 1 aromatic heterocycles. The van der Waals surface area contributed by atoms with Crippen LogP contribution in [0.2, 0.25) is 0 Å². The van der Waals surface area contributed by atoms with Crippen molar-refractivity contribution in [3.8, 4) is 5.75 Å². The summed E-state index contributed by atoms with van der Waals surface area (Å²) in [6.07, 6.45) is 0.984. The first-order valence-electron chi connectivity index (χ1n) is 7.86. The number of nitrogens with zero attached hydrogens (tertiary/aromatic N) is 1. The van der Waals surface area contributed by atoms with Crippen LogP contribution in [0.4, 0.5) is 5.69 Å². The molecule has 0 aliphatic rings. The molecule has 1 unspecified atom stereocenters. The minimum Gasteiger partial charge on any atom is -0.465 e. The van der Waals surface area contributed by atoms with Gasteiger partial charge < -0.3 is 23.9 Å². The van der Waals surface area contributed by atoms with Crippen molar-refractivity contribution < 1.29 is 19.0 Å². The Hall–Kier alpha value is -2.02. The number of ether oxygens (including phenoxy) is 2. The van der Waals surface area contributed by atoms with Crippen LogP contribution in [0.1, 0.15) is 11.7 Å². The molecule has 1 heterocycles. The SMILES string of the molecule is COCOc1ccccc1N(C)CC(O)c1cc(Br)c2occc2c1. The van der Waals surface area contributed by atoms with E-state index in [-0.39, 0.29) is 6.79 Å². The number of aliphatic hydroxyl groups excluding tert-OH is 1. The van der Waals surface area contributed by atoms with Crippen LogP contribution < -0.4 is 9.64 Å². The van der Waals surface area contributed by atoms with Crippen molar-refractivity contribution in [1.29, 1.82) is 0 Å². The molecule has 3 aromatic rings. The number of fused-ring (bicyclic) bond motifs is 1. The second-order valence-corrected chi connectivity index (χ2v) is 6.61. The molecule has 0 spiro atoms. The first-order chi connectivity index (χ1) is 12.1. The molecule has 0 amide bonds. The average molecular weight is 406 g/mol. The van der Waals surface area contributed by atoms with E-state index in [4.69, 9.17) is 13.9 Å². The maximum atomic E-state index is 10.7. The molecule has 0 saturated heterocycles. The van der Waals surface area contributed by atoms with Crippen molar-refractivity contribution in [2.45, 2.75) is 6.10 Å². The third-order valence-corrected chi connectivity index (χ3v) is 4.56. The maximum absolute atomic E-state index is 10.7. The summed E-state index contributed by atoms with van der Waals surface area (Å²) in [4.78, 5) is 1.96. The molecule has 0 aliphatic carbocycles. The summed E-state index contributed by atoms with van der Waals surface area (Å²) in [5, 5.41) is 11.6. The number of anilines is 1. The third kappa shape index (κ3) is 3.98. The summed E-state index contributed by atoms with van der Waals surface area (Å²) in [6, 6.07) is 13.4. The Bertz CT molecular complexity index is 848. The maximum Gasteiger partial charge on any atom is 0.188 e. The van der Waals surface area contributed by atoms with Crippen LogP contribution in [0.5, 0.6) is 5.75 Å². The number of rotatable bonds is 7. The topological polar surface area (TPSA) is 55.1 Å². The van der Waals surface area contributed by atoms with Crippen molar-refractivity contribution in [3.63, 3.8) is 0 Å². The Labute approximate surface area is 154 Å². The first-order valence-corrected chi connectivity index (χ1v) is 8.66. The number of methoxy groups -OCH3 is 1. The Kier molecular flexibility index (Phi) is 5.63. The average Bonchev–Trinajstić information content (AvgIpc) is 3.09. The fourth-order valence-corrected chi connectivity index (χ4v) is 3.32. The van der Waals surface area contributed by atoms with Gasteiger partial charge in [-0.3, -0.25) is 0 Å². The molecule has 0 aliphatic heterocycles. The lowest BCUT2D eigenvalue weighted by atomic mass is 10.1. The van der Waals surface area contributed by atoms with Crippen molar-refractivity contribution >= 4 is 32.6 Å². The molecule has 0 fully saturated rings. The van der Waals surface area contributed by atoms with Crippen molar-refractivity contribution in [3.05, 3.63) is 58.8 Å². The highest BCUT2D eigenvalue weighted by Crippen LogP contribution is 2.32. The van der Waals surface area contributed by atoms with Gasteiger partial charge in [-0.15, -0.1) is 0 Å². The van der Waals surface area contributed by atoms with Crippen molar-refractivity contribution in [2.24, 2.45) is 0 Å². The fraction of sp³-hybridized carbons (Fsp3) is 0.263. The van der Waals surface area contributed by atoms with Crippen molar-refractivity contribution in [2.75, 3.05) is 32.4 Å². The summed E-state index contributed by atoms with van der Waals surface area (Å²) in [7, 11) is 3.50. The van der Waals surface area contributed by atoms with Crippen LogP contribution in [-0.2, 0) is 4.74 Å². The second-order valence-electron chi connectivity index (χ2n) is 5.76. The standard InChI is InChI=1S/C19H20BrNO4/c1-21(16-5-3-4-6-18(16)25-12-23-2)11-17(22)14-9-13-7-8-24-19(13)15(20)10-14/h3-10,17,22H,11-12H2,1-2H3. The van der Waals surface area contributed by atoms with E-state index in [1.54, 1.807) is 13.4 Å². The van der Waals surface area contributed by atoms with E-state index in [0.717, 1.165) is 26.7 Å². The quantitative estimate of drug-likeness (QED) is 0.592. The van der Waals surface area contributed by atoms with Gasteiger partial charge in [0.15, 0.2) is 6.79 Å². The van der Waals surface area contributed by atoms with E-state index >= 15 is 0 Å². The van der Waals surface area contributed by atoms with Crippen LogP contribution in [-0.4, -0.2) is 32.6 Å². The highest BCUT2D eigenvalue weighted by atomic mass is 79.9. The zero-order valence-electron chi connectivity index (χ0n) is 14.1. The van der Waals surface area contributed by atoms with Crippen LogP contribution in [0.15, 0.2) is 57.6 Å². The van der Waals surface area contributed by atoms with E-state index in [1.165, 1.54) is 0 Å². The molecule has 0 saturated carbocycles. The van der Waals surface area contributed by atoms with Gasteiger partial charge in [0.05, 0.1) is 22.5 Å². The normalized spacial score (nSPS) is 12.3. The molecule has 5 nitrogen and oxygen atoms in total. The Morgan fingerprint density at radius 3 is 2.84 bits per heavy atom. The van der Waals surface area contributed by atoms with Gasteiger partial charge in [0.25, 0.3) is 0 Å². The number of para-hydroxylation sites is 2. The minimum absolute atomic E-state index is 0.178. The third-order valence-electron chi connectivity index (χ3n) is 3.97. The van der Waals surface area contributed by atoms with Crippen LogP contribution in [0.3, 0.4) is 0 Å². The Morgan fingerprint density at radius 2 is 2.04 bits per heavy atom. The van der Waals surface area contributed by atoms with Gasteiger partial charge in [0, 0.05) is 26.1 Å². The summed E-state index contributed by atoms with van der Waals surface area (Å²) in [5.41, 5.74) is 2.49. The number of hydrogen-bond acceptors (Lipinski definition) is 5. The zero-order valence-corrected chi connectivity index (χ0v) is 15.7. The minimum atomic E-state index is -0.656. The van der Waals surface area contributed by atoms with E-state index in [0.29, 0.717) is 12.3 Å². The van der Waals surface area contributed by atoms with Gasteiger partial charge in [-0.25, -0.2) is 0 Å². The molecule has 1 N–H and O–H groups in total. The monoisotopic (exact) mass is 405 g/mol. The number of hydrogen-bond donors (Lipinski definition) is 1. The predicted molar refractivity (Wildman–Crippen MR) is 101 cm³/mol. The van der Waals surface area contributed by atoms with Gasteiger partial charge in [-0.05, 0) is 51.8 Å². The van der Waals surface area contributed by atoms with Crippen LogP contribution in [0.25, 0.3) is 11.0 Å². The summed E-state index contributed by atoms with van der Waals surface area (Å²) in [6.45, 7) is 0.598. The van der Waals surface area contributed by atoms with E-state index in [2.05, 4.69) is 15.9 Å². The van der Waals surface area contributed by atoms with E-state index < -0.39 is 6.10 Å². The molecular formula is C19H20BrNO4. The predicted octanol–water partition coefficient (Wildman–Crippen LogP) is 4.35. The second kappa shape index (κ2) is 7.91. The lowest BCUT2D eigenvalue weighted by Gasteiger charge is -2.25. The molecule has 3 rings (SSSR count). The lowest BCUT2D eigenvalue weighted by molar-refractivity contribution is 0.0514. The molecule has 25 heavy (non-hydrogen) atoms.